The van der Waals surface area contributed by atoms with Crippen molar-refractivity contribution in [1.29, 1.82) is 0 Å². The Labute approximate surface area is 161 Å². The maximum absolute atomic E-state index is 11.5. The molecule has 0 amide bonds. The Balaban J connectivity index is 0.000000180. The van der Waals surface area contributed by atoms with Crippen LogP contribution in [0.2, 0.25) is 0 Å². The predicted octanol–water partition coefficient (Wildman–Crippen LogP) is 5.67. The Hall–Kier alpha value is -2.11. The summed E-state index contributed by atoms with van der Waals surface area (Å²) in [5.41, 5.74) is 0.632. The minimum absolute atomic E-state index is 0. The van der Waals surface area contributed by atoms with Crippen LogP contribution in [0.3, 0.4) is 0 Å². The lowest BCUT2D eigenvalue weighted by molar-refractivity contribution is 0.0978. The van der Waals surface area contributed by atoms with Gasteiger partial charge in [0.2, 0.25) is 5.43 Å². The molecule has 1 unspecified atom stereocenters. The first kappa shape index (κ1) is 20.2. The number of Topliss-reactive ketones (excluding diaryl/α,β-unsaturated/α-hetero) is 1. The zero-order chi connectivity index (χ0) is 18.0. The molecule has 2 heterocycles. The lowest BCUT2D eigenvalue weighted by atomic mass is 10.1. The van der Waals surface area contributed by atoms with E-state index in [1.54, 1.807) is 30.8 Å². The van der Waals surface area contributed by atoms with Gasteiger partial charge < -0.3 is 5.11 Å². The van der Waals surface area contributed by atoms with Crippen molar-refractivity contribution in [1.82, 2.24) is 0 Å². The molecule has 1 aliphatic rings. The van der Waals surface area contributed by atoms with E-state index in [4.69, 9.17) is 0 Å². The second-order valence-electron chi connectivity index (χ2n) is 5.88. The largest absolute Gasteiger partial charge is 0.503 e. The fraction of sp³-hybridized carbons (Fsp3) is 0.238. The smallest absolute Gasteiger partial charge is 0.229 e. The van der Waals surface area contributed by atoms with Crippen LogP contribution in [0, 0.1) is 6.92 Å². The van der Waals surface area contributed by atoms with Gasteiger partial charge >= 0.3 is 0 Å². The minimum atomic E-state index is -0.271. The number of fused-ring (bicyclic) bond motifs is 2. The number of carbonyl (C=O) groups excluding carboxylic acids is 1. The van der Waals surface area contributed by atoms with Crippen molar-refractivity contribution in [2.24, 2.45) is 0 Å². The van der Waals surface area contributed by atoms with Gasteiger partial charge in [0.25, 0.3) is 0 Å². The summed E-state index contributed by atoms with van der Waals surface area (Å²) in [6, 6.07) is 15.1. The van der Waals surface area contributed by atoms with Crippen LogP contribution in [0.25, 0.3) is 10.1 Å². The van der Waals surface area contributed by atoms with Crippen LogP contribution >= 0.6 is 23.1 Å². The fourth-order valence-corrected chi connectivity index (χ4v) is 4.74. The van der Waals surface area contributed by atoms with Gasteiger partial charge in [-0.2, -0.15) is 0 Å². The molecule has 0 saturated carbocycles. The molecule has 26 heavy (non-hydrogen) atoms. The van der Waals surface area contributed by atoms with E-state index in [1.165, 1.54) is 11.3 Å². The van der Waals surface area contributed by atoms with Crippen LogP contribution in [-0.4, -0.2) is 16.1 Å². The average molecular weight is 387 g/mol. The van der Waals surface area contributed by atoms with Crippen molar-refractivity contribution < 1.29 is 9.90 Å². The monoisotopic (exact) mass is 386 g/mol. The van der Waals surface area contributed by atoms with E-state index >= 15 is 0 Å². The maximum atomic E-state index is 11.5. The van der Waals surface area contributed by atoms with Crippen LogP contribution < -0.4 is 5.43 Å². The Kier molecular flexibility index (Phi) is 6.62. The van der Waals surface area contributed by atoms with Crippen LogP contribution in [0.15, 0.2) is 58.2 Å². The highest BCUT2D eigenvalue weighted by Gasteiger charge is 2.21. The number of ketones is 1. The Morgan fingerprint density at radius 1 is 1.04 bits per heavy atom. The highest BCUT2D eigenvalue weighted by atomic mass is 32.2. The van der Waals surface area contributed by atoms with Crippen LogP contribution in [0.4, 0.5) is 0 Å². The summed E-state index contributed by atoms with van der Waals surface area (Å²) >= 11 is 3.23. The summed E-state index contributed by atoms with van der Waals surface area (Å²) in [7, 11) is 0. The highest BCUT2D eigenvalue weighted by Crippen LogP contribution is 2.34. The number of thioether (sulfide) groups is 1. The second-order valence-corrected chi connectivity index (χ2v) is 8.62. The number of carbonyl (C=O) groups is 1. The molecular formula is C21H22O3S2. The molecule has 136 valence electrons. The van der Waals surface area contributed by atoms with Crippen LogP contribution in [0.5, 0.6) is 5.75 Å². The van der Waals surface area contributed by atoms with Crippen molar-refractivity contribution in [3.05, 3.63) is 69.2 Å². The number of hydrogen-bond donors (Lipinski definition) is 1. The summed E-state index contributed by atoms with van der Waals surface area (Å²) in [6.07, 6.45) is 0.682. The molecule has 4 rings (SSSR count). The number of rotatable bonds is 0. The fourth-order valence-electron chi connectivity index (χ4n) is 2.67. The standard InChI is InChI=1S/C10H8O2S.C10H10OS.CH4/c1-6-9(11)10(12)7-4-2-3-5-8(7)13-6;1-7-6-9(11)8-4-2-3-5-10(8)12-7;/h2-5,11H,1H3;2-5,7H,6H2,1H3;1H4. The molecule has 1 N–H and O–H groups in total. The van der Waals surface area contributed by atoms with Gasteiger partial charge in [-0.15, -0.1) is 23.1 Å². The molecule has 0 fully saturated rings. The summed E-state index contributed by atoms with van der Waals surface area (Å²) < 4.78 is 0.919. The molecule has 1 atom stereocenters. The topological polar surface area (TPSA) is 54.4 Å². The molecule has 1 aromatic heterocycles. The van der Waals surface area contributed by atoms with Crippen LogP contribution in [-0.2, 0) is 0 Å². The summed E-state index contributed by atoms with van der Waals surface area (Å²) in [5.74, 6) is 0.167. The molecule has 3 aromatic rings. The molecule has 0 saturated heterocycles. The molecule has 0 spiro atoms. The number of hydrogen-bond acceptors (Lipinski definition) is 5. The molecular weight excluding hydrogens is 364 g/mol. The third-order valence-electron chi connectivity index (χ3n) is 3.93. The van der Waals surface area contributed by atoms with Crippen LogP contribution in [0.1, 0.15) is 36.0 Å². The molecule has 1 aliphatic heterocycles. The van der Waals surface area contributed by atoms with Crippen molar-refractivity contribution in [2.75, 3.05) is 0 Å². The zero-order valence-electron chi connectivity index (χ0n) is 14.0. The third kappa shape index (κ3) is 4.17. The normalized spacial score (nSPS) is 15.5. The molecule has 0 aliphatic carbocycles. The molecule has 3 nitrogen and oxygen atoms in total. The van der Waals surface area contributed by atoms with Gasteiger partial charge in [0.1, 0.15) is 0 Å². The van der Waals surface area contributed by atoms with E-state index in [2.05, 4.69) is 6.92 Å². The first-order chi connectivity index (χ1) is 12.0. The lowest BCUT2D eigenvalue weighted by Crippen LogP contribution is -2.14. The predicted molar refractivity (Wildman–Crippen MR) is 112 cm³/mol. The number of benzene rings is 2. The first-order valence-corrected chi connectivity index (χ1v) is 9.67. The van der Waals surface area contributed by atoms with Gasteiger partial charge in [-0.1, -0.05) is 44.7 Å². The second kappa shape index (κ2) is 8.52. The van der Waals surface area contributed by atoms with Crippen molar-refractivity contribution in [3.63, 3.8) is 0 Å². The molecule has 0 bridgehead atoms. The Bertz CT molecular complexity index is 992. The van der Waals surface area contributed by atoms with E-state index in [9.17, 15) is 14.7 Å². The van der Waals surface area contributed by atoms with Gasteiger partial charge in [-0.05, 0) is 25.1 Å². The van der Waals surface area contributed by atoms with E-state index in [1.807, 2.05) is 36.4 Å². The van der Waals surface area contributed by atoms with E-state index in [0.717, 1.165) is 15.2 Å². The molecule has 0 radical (unpaired) electrons. The highest BCUT2D eigenvalue weighted by molar-refractivity contribution is 8.00. The van der Waals surface area contributed by atoms with E-state index < -0.39 is 0 Å². The van der Waals surface area contributed by atoms with Gasteiger partial charge in [0.05, 0.1) is 0 Å². The van der Waals surface area contributed by atoms with E-state index in [0.29, 0.717) is 21.9 Å². The van der Waals surface area contributed by atoms with Crippen molar-refractivity contribution >= 4 is 39.0 Å². The van der Waals surface area contributed by atoms with Crippen molar-refractivity contribution in [3.8, 4) is 5.75 Å². The van der Waals surface area contributed by atoms with Gasteiger partial charge in [0.15, 0.2) is 11.5 Å². The lowest BCUT2D eigenvalue weighted by Gasteiger charge is -2.18. The summed E-state index contributed by atoms with van der Waals surface area (Å²) in [4.78, 5) is 24.8. The SMILES string of the molecule is C.CC1CC(=O)c2ccccc2S1.Cc1sc2ccccc2c(=O)c1O. The van der Waals surface area contributed by atoms with Gasteiger partial charge in [-0.3, -0.25) is 9.59 Å². The maximum Gasteiger partial charge on any atom is 0.229 e. The Morgan fingerprint density at radius 3 is 2.46 bits per heavy atom. The van der Waals surface area contributed by atoms with Gasteiger partial charge in [0, 0.05) is 37.1 Å². The Morgan fingerprint density at radius 2 is 1.69 bits per heavy atom. The van der Waals surface area contributed by atoms with E-state index in [-0.39, 0.29) is 24.4 Å². The average Bonchev–Trinajstić information content (AvgIpc) is 2.60. The number of aryl methyl sites for hydroxylation is 1. The molecule has 5 heteroatoms. The molecule has 2 aromatic carbocycles. The quantitative estimate of drug-likeness (QED) is 0.541. The first-order valence-electron chi connectivity index (χ1n) is 7.97. The third-order valence-corrected chi connectivity index (χ3v) is 6.19. The minimum Gasteiger partial charge on any atom is -0.503 e. The summed E-state index contributed by atoms with van der Waals surface area (Å²) in [6.45, 7) is 3.84. The zero-order valence-corrected chi connectivity index (χ0v) is 15.6. The number of aromatic hydroxyl groups is 1. The van der Waals surface area contributed by atoms with Gasteiger partial charge in [-0.25, -0.2) is 0 Å². The van der Waals surface area contributed by atoms with Crippen molar-refractivity contribution in [2.45, 2.75) is 37.8 Å². The summed E-state index contributed by atoms with van der Waals surface area (Å²) in [5, 5.41) is 10.4.